The van der Waals surface area contributed by atoms with Gasteiger partial charge < -0.3 is 9.52 Å². The molecule has 0 unspecified atom stereocenters. The van der Waals surface area contributed by atoms with Crippen molar-refractivity contribution < 1.29 is 14.3 Å². The molecule has 0 atom stereocenters. The van der Waals surface area contributed by atoms with Crippen molar-refractivity contribution in [3.8, 4) is 5.75 Å². The number of hydrogen-bond acceptors (Lipinski definition) is 4. The second-order valence-corrected chi connectivity index (χ2v) is 4.98. The average Bonchev–Trinajstić information content (AvgIpc) is 2.54. The Morgan fingerprint density at radius 2 is 1.86 bits per heavy atom. The molecule has 22 heavy (non-hydrogen) atoms. The lowest BCUT2D eigenvalue weighted by Crippen LogP contribution is -2.07. The molecule has 3 rings (SSSR count). The monoisotopic (exact) mass is 294 g/mol. The van der Waals surface area contributed by atoms with Crippen LogP contribution in [0.3, 0.4) is 0 Å². The van der Waals surface area contributed by atoms with Gasteiger partial charge in [-0.15, -0.1) is 0 Å². The minimum absolute atomic E-state index is 0.0242. The van der Waals surface area contributed by atoms with Gasteiger partial charge in [0.15, 0.2) is 5.58 Å². The van der Waals surface area contributed by atoms with Crippen molar-refractivity contribution in [2.75, 3.05) is 0 Å². The van der Waals surface area contributed by atoms with Gasteiger partial charge in [0.1, 0.15) is 11.3 Å². The highest BCUT2D eigenvalue weighted by Gasteiger charge is 2.20. The van der Waals surface area contributed by atoms with Crippen LogP contribution < -0.4 is 5.63 Å². The molecular weight excluding hydrogens is 280 g/mol. The zero-order chi connectivity index (χ0) is 15.7. The van der Waals surface area contributed by atoms with Gasteiger partial charge in [0.05, 0.1) is 0 Å². The number of benzene rings is 2. The average molecular weight is 294 g/mol. The zero-order valence-corrected chi connectivity index (χ0v) is 12.0. The van der Waals surface area contributed by atoms with Crippen LogP contribution >= 0.6 is 0 Å². The molecule has 0 aliphatic carbocycles. The molecule has 0 saturated heterocycles. The van der Waals surface area contributed by atoms with Crippen LogP contribution in [-0.4, -0.2) is 10.9 Å². The van der Waals surface area contributed by atoms with E-state index >= 15 is 0 Å². The van der Waals surface area contributed by atoms with Crippen molar-refractivity contribution in [2.45, 2.75) is 13.3 Å². The molecule has 110 valence electrons. The maximum absolute atomic E-state index is 12.7. The predicted octanol–water partition coefficient (Wildman–Crippen LogP) is 3.29. The normalized spacial score (nSPS) is 10.8. The van der Waals surface area contributed by atoms with Gasteiger partial charge in [-0.25, -0.2) is 4.79 Å². The molecule has 0 aliphatic rings. The number of phenols is 1. The van der Waals surface area contributed by atoms with Crippen molar-refractivity contribution >= 4 is 16.8 Å². The number of fused-ring (bicyclic) bond motifs is 1. The van der Waals surface area contributed by atoms with E-state index in [2.05, 4.69) is 0 Å². The highest BCUT2D eigenvalue weighted by molar-refractivity contribution is 6.17. The summed E-state index contributed by atoms with van der Waals surface area (Å²) in [7, 11) is 0. The number of carbonyl (C=O) groups is 1. The fourth-order valence-electron chi connectivity index (χ4n) is 2.53. The van der Waals surface area contributed by atoms with E-state index in [4.69, 9.17) is 4.42 Å². The molecule has 0 saturated carbocycles. The van der Waals surface area contributed by atoms with Crippen LogP contribution in [-0.2, 0) is 6.42 Å². The van der Waals surface area contributed by atoms with Gasteiger partial charge in [0.25, 0.3) is 0 Å². The first-order valence-corrected chi connectivity index (χ1v) is 7.00. The number of aromatic hydroxyl groups is 1. The molecule has 4 nitrogen and oxygen atoms in total. The molecule has 1 aromatic heterocycles. The van der Waals surface area contributed by atoms with E-state index < -0.39 is 5.63 Å². The molecule has 0 spiro atoms. The standard InChI is InChI=1S/C18H14O4/c1-2-11-10-15(20)22-18-13(11)8-9-14(19)16(18)17(21)12-6-4-3-5-7-12/h3-10,19H,2H2,1H3. The third-order valence-corrected chi connectivity index (χ3v) is 3.62. The van der Waals surface area contributed by atoms with Crippen LogP contribution in [0.4, 0.5) is 0 Å². The second kappa shape index (κ2) is 5.48. The Balaban J connectivity index is 2.34. The molecule has 0 amide bonds. The quantitative estimate of drug-likeness (QED) is 0.594. The molecular formula is C18H14O4. The van der Waals surface area contributed by atoms with Crippen LogP contribution in [0.15, 0.2) is 57.7 Å². The largest absolute Gasteiger partial charge is 0.507 e. The lowest BCUT2D eigenvalue weighted by molar-refractivity contribution is 0.103. The fraction of sp³-hybridized carbons (Fsp3) is 0.111. The smallest absolute Gasteiger partial charge is 0.336 e. The van der Waals surface area contributed by atoms with Gasteiger partial charge >= 0.3 is 5.63 Å². The van der Waals surface area contributed by atoms with Crippen molar-refractivity contribution in [1.29, 1.82) is 0 Å². The first-order chi connectivity index (χ1) is 10.6. The Bertz CT molecular complexity index is 908. The van der Waals surface area contributed by atoms with Gasteiger partial charge in [-0.05, 0) is 24.1 Å². The van der Waals surface area contributed by atoms with Gasteiger partial charge in [-0.1, -0.05) is 37.3 Å². The lowest BCUT2D eigenvalue weighted by Gasteiger charge is -2.09. The van der Waals surface area contributed by atoms with E-state index in [-0.39, 0.29) is 22.7 Å². The summed E-state index contributed by atoms with van der Waals surface area (Å²) in [5, 5.41) is 10.8. The van der Waals surface area contributed by atoms with Gasteiger partial charge in [0.2, 0.25) is 5.78 Å². The number of aryl methyl sites for hydroxylation is 1. The summed E-state index contributed by atoms with van der Waals surface area (Å²) in [6, 6.07) is 13.1. The maximum atomic E-state index is 12.7. The Morgan fingerprint density at radius 1 is 1.14 bits per heavy atom. The number of ketones is 1. The van der Waals surface area contributed by atoms with Crippen molar-refractivity contribution in [2.24, 2.45) is 0 Å². The van der Waals surface area contributed by atoms with Crippen LogP contribution in [0, 0.1) is 0 Å². The number of hydrogen-bond donors (Lipinski definition) is 1. The van der Waals surface area contributed by atoms with E-state index in [9.17, 15) is 14.7 Å². The molecule has 4 heteroatoms. The molecule has 0 aliphatic heterocycles. The van der Waals surface area contributed by atoms with Crippen molar-refractivity contribution in [3.63, 3.8) is 0 Å². The van der Waals surface area contributed by atoms with E-state index in [1.54, 1.807) is 36.4 Å². The minimum Gasteiger partial charge on any atom is -0.507 e. The summed E-state index contributed by atoms with van der Waals surface area (Å²) in [6.45, 7) is 1.92. The lowest BCUT2D eigenvalue weighted by atomic mass is 9.98. The zero-order valence-electron chi connectivity index (χ0n) is 12.0. The summed E-state index contributed by atoms with van der Waals surface area (Å²) in [4.78, 5) is 24.4. The molecule has 0 bridgehead atoms. The molecule has 3 aromatic rings. The number of phenolic OH excluding ortho intramolecular Hbond substituents is 1. The summed E-state index contributed by atoms with van der Waals surface area (Å²) in [5.74, 6) is -0.571. The van der Waals surface area contributed by atoms with E-state index in [0.717, 1.165) is 5.56 Å². The van der Waals surface area contributed by atoms with Gasteiger partial charge in [-0.3, -0.25) is 4.79 Å². The third-order valence-electron chi connectivity index (χ3n) is 3.62. The Labute approximate surface area is 126 Å². The van der Waals surface area contributed by atoms with Gasteiger partial charge in [0, 0.05) is 17.0 Å². The summed E-state index contributed by atoms with van der Waals surface area (Å²) in [5.41, 5.74) is 0.842. The van der Waals surface area contributed by atoms with Crippen LogP contribution in [0.5, 0.6) is 5.75 Å². The van der Waals surface area contributed by atoms with Crippen molar-refractivity contribution in [1.82, 2.24) is 0 Å². The first kappa shape index (κ1) is 14.1. The second-order valence-electron chi connectivity index (χ2n) is 4.98. The van der Waals surface area contributed by atoms with E-state index in [1.165, 1.54) is 12.1 Å². The molecule has 1 heterocycles. The highest BCUT2D eigenvalue weighted by atomic mass is 16.4. The topological polar surface area (TPSA) is 67.5 Å². The summed E-state index contributed by atoms with van der Waals surface area (Å²) in [6.07, 6.45) is 0.631. The Kier molecular flexibility index (Phi) is 3.51. The molecule has 0 fully saturated rings. The molecule has 1 N–H and O–H groups in total. The number of rotatable bonds is 3. The van der Waals surface area contributed by atoms with Gasteiger partial charge in [-0.2, -0.15) is 0 Å². The van der Waals surface area contributed by atoms with Crippen LogP contribution in [0.1, 0.15) is 28.4 Å². The Morgan fingerprint density at radius 3 is 2.55 bits per heavy atom. The predicted molar refractivity (Wildman–Crippen MR) is 83.4 cm³/mol. The fourth-order valence-corrected chi connectivity index (χ4v) is 2.53. The number of carbonyl (C=O) groups excluding carboxylic acids is 1. The maximum Gasteiger partial charge on any atom is 0.336 e. The highest BCUT2D eigenvalue weighted by Crippen LogP contribution is 2.30. The summed E-state index contributed by atoms with van der Waals surface area (Å²) >= 11 is 0. The van der Waals surface area contributed by atoms with Crippen LogP contribution in [0.25, 0.3) is 11.0 Å². The molecule has 0 radical (unpaired) electrons. The van der Waals surface area contributed by atoms with E-state index in [0.29, 0.717) is 17.4 Å². The van der Waals surface area contributed by atoms with Crippen molar-refractivity contribution in [3.05, 3.63) is 75.6 Å². The first-order valence-electron chi connectivity index (χ1n) is 7.00. The minimum atomic E-state index is -0.530. The Hall–Kier alpha value is -2.88. The van der Waals surface area contributed by atoms with E-state index in [1.807, 2.05) is 6.92 Å². The summed E-state index contributed by atoms with van der Waals surface area (Å²) < 4.78 is 5.22. The van der Waals surface area contributed by atoms with Crippen LogP contribution in [0.2, 0.25) is 0 Å². The third kappa shape index (κ3) is 2.29. The SMILES string of the molecule is CCc1cc(=O)oc2c(C(=O)c3ccccc3)c(O)ccc12. The molecule has 2 aromatic carbocycles.